The van der Waals surface area contributed by atoms with Gasteiger partial charge in [-0.15, -0.1) is 0 Å². The van der Waals surface area contributed by atoms with Gasteiger partial charge in [0.25, 0.3) is 11.6 Å². The minimum absolute atomic E-state index is 0.118. The van der Waals surface area contributed by atoms with E-state index >= 15 is 0 Å². The summed E-state index contributed by atoms with van der Waals surface area (Å²) in [5.41, 5.74) is 1.13. The highest BCUT2D eigenvalue weighted by molar-refractivity contribution is 6.34. The van der Waals surface area contributed by atoms with Gasteiger partial charge in [0.2, 0.25) is 0 Å². The van der Waals surface area contributed by atoms with E-state index in [-0.39, 0.29) is 16.6 Å². The SMILES string of the molecule is O=C(Nc1ccc([N+](=O)[O-])cc1Cl)[C@@H]([NH2+]CC[NH+]1CCOCC1)c1ccccc1. The average Bonchev–Trinajstić information content (AvgIpc) is 2.74. The number of carbonyl (C=O) groups is 1. The summed E-state index contributed by atoms with van der Waals surface area (Å²) in [7, 11) is 0. The van der Waals surface area contributed by atoms with E-state index in [0.29, 0.717) is 5.69 Å². The lowest BCUT2D eigenvalue weighted by Crippen LogP contribution is -3.16. The van der Waals surface area contributed by atoms with Crippen LogP contribution in [0.3, 0.4) is 0 Å². The van der Waals surface area contributed by atoms with Crippen LogP contribution in [0.4, 0.5) is 11.4 Å². The lowest BCUT2D eigenvalue weighted by atomic mass is 10.1. The summed E-state index contributed by atoms with van der Waals surface area (Å²) >= 11 is 6.13. The van der Waals surface area contributed by atoms with E-state index in [0.717, 1.165) is 45.0 Å². The van der Waals surface area contributed by atoms with Gasteiger partial charge in [-0.2, -0.15) is 0 Å². The van der Waals surface area contributed by atoms with E-state index in [1.54, 1.807) is 0 Å². The Bertz CT molecular complexity index is 844. The molecule has 1 aliphatic rings. The van der Waals surface area contributed by atoms with Crippen LogP contribution in [0.15, 0.2) is 48.5 Å². The predicted molar refractivity (Wildman–Crippen MR) is 109 cm³/mol. The van der Waals surface area contributed by atoms with E-state index in [1.165, 1.54) is 23.1 Å². The molecule has 2 aromatic carbocycles. The third-order valence-corrected chi connectivity index (χ3v) is 5.28. The van der Waals surface area contributed by atoms with Gasteiger partial charge in [-0.05, 0) is 6.07 Å². The molecule has 0 spiro atoms. The number of hydrogen-bond donors (Lipinski definition) is 3. The van der Waals surface area contributed by atoms with Crippen molar-refractivity contribution in [2.24, 2.45) is 0 Å². The predicted octanol–water partition coefficient (Wildman–Crippen LogP) is 0.407. The number of non-ortho nitro benzene ring substituents is 1. The number of nitro groups is 1. The van der Waals surface area contributed by atoms with E-state index in [2.05, 4.69) is 5.32 Å². The molecule has 0 radical (unpaired) electrons. The van der Waals surface area contributed by atoms with Crippen LogP contribution >= 0.6 is 11.6 Å². The Morgan fingerprint density at radius 1 is 1.24 bits per heavy atom. The number of carbonyl (C=O) groups excluding carboxylic acids is 1. The van der Waals surface area contributed by atoms with Crippen molar-refractivity contribution in [3.63, 3.8) is 0 Å². The van der Waals surface area contributed by atoms with Crippen LogP contribution in [-0.2, 0) is 9.53 Å². The Hall–Kier alpha value is -2.52. The highest BCUT2D eigenvalue weighted by atomic mass is 35.5. The Kier molecular flexibility index (Phi) is 7.54. The number of nitrogens with zero attached hydrogens (tertiary/aromatic N) is 1. The molecule has 0 bridgehead atoms. The summed E-state index contributed by atoms with van der Waals surface area (Å²) in [6.07, 6.45) is 0. The zero-order chi connectivity index (χ0) is 20.6. The van der Waals surface area contributed by atoms with Gasteiger partial charge in [-0.25, -0.2) is 0 Å². The number of benzene rings is 2. The van der Waals surface area contributed by atoms with Gasteiger partial charge < -0.3 is 20.3 Å². The molecule has 3 rings (SSSR count). The second-order valence-corrected chi connectivity index (χ2v) is 7.34. The van der Waals surface area contributed by atoms with E-state index in [1.807, 2.05) is 35.6 Å². The summed E-state index contributed by atoms with van der Waals surface area (Å²) < 4.78 is 5.39. The first-order valence-corrected chi connectivity index (χ1v) is 9.97. The number of rotatable bonds is 8. The van der Waals surface area contributed by atoms with Crippen molar-refractivity contribution in [1.82, 2.24) is 0 Å². The lowest BCUT2D eigenvalue weighted by Gasteiger charge is -2.24. The zero-order valence-corrected chi connectivity index (χ0v) is 16.7. The number of nitro benzene ring substituents is 1. The molecule has 1 amide bonds. The van der Waals surface area contributed by atoms with Crippen molar-refractivity contribution in [1.29, 1.82) is 0 Å². The Morgan fingerprint density at radius 2 is 1.97 bits per heavy atom. The molecule has 0 saturated carbocycles. The van der Waals surface area contributed by atoms with Gasteiger partial charge >= 0.3 is 0 Å². The molecule has 1 heterocycles. The highest BCUT2D eigenvalue weighted by Crippen LogP contribution is 2.27. The van der Waals surface area contributed by atoms with Gasteiger partial charge in [0.05, 0.1) is 28.8 Å². The van der Waals surface area contributed by atoms with Crippen LogP contribution in [0.2, 0.25) is 5.02 Å². The van der Waals surface area contributed by atoms with Crippen molar-refractivity contribution < 1.29 is 24.7 Å². The minimum atomic E-state index is -0.522. The maximum absolute atomic E-state index is 13.0. The Balaban J connectivity index is 1.68. The number of anilines is 1. The monoisotopic (exact) mass is 420 g/mol. The third-order valence-electron chi connectivity index (χ3n) is 4.96. The second-order valence-electron chi connectivity index (χ2n) is 6.94. The molecule has 2 aromatic rings. The number of morpholine rings is 1. The lowest BCUT2D eigenvalue weighted by molar-refractivity contribution is -0.921. The summed E-state index contributed by atoms with van der Waals surface area (Å²) in [6.45, 7) is 5.24. The molecule has 29 heavy (non-hydrogen) atoms. The summed E-state index contributed by atoms with van der Waals surface area (Å²) in [5, 5.41) is 15.8. The van der Waals surface area contributed by atoms with Gasteiger partial charge in [0.1, 0.15) is 26.2 Å². The first-order valence-electron chi connectivity index (χ1n) is 9.59. The number of amides is 1. The number of nitrogens with two attached hydrogens (primary N) is 1. The maximum Gasteiger partial charge on any atom is 0.287 e. The molecule has 4 N–H and O–H groups in total. The normalized spacial score (nSPS) is 15.6. The summed E-state index contributed by atoms with van der Waals surface area (Å²) in [4.78, 5) is 24.8. The largest absolute Gasteiger partial charge is 0.370 e. The topological polar surface area (TPSA) is 103 Å². The molecule has 9 heteroatoms. The minimum Gasteiger partial charge on any atom is -0.370 e. The van der Waals surface area contributed by atoms with Crippen molar-refractivity contribution in [3.8, 4) is 0 Å². The fraction of sp³-hybridized carbons (Fsp3) is 0.350. The van der Waals surface area contributed by atoms with E-state index in [9.17, 15) is 14.9 Å². The van der Waals surface area contributed by atoms with E-state index < -0.39 is 11.0 Å². The first kappa shape index (κ1) is 21.2. The van der Waals surface area contributed by atoms with Crippen molar-refractivity contribution >= 4 is 28.9 Å². The van der Waals surface area contributed by atoms with Crippen LogP contribution in [-0.4, -0.2) is 50.2 Å². The second kappa shape index (κ2) is 10.3. The highest BCUT2D eigenvalue weighted by Gasteiger charge is 2.26. The molecule has 1 saturated heterocycles. The van der Waals surface area contributed by atoms with Gasteiger partial charge in [0.15, 0.2) is 6.04 Å². The molecule has 0 aliphatic carbocycles. The number of halogens is 1. The fourth-order valence-electron chi connectivity index (χ4n) is 3.35. The Morgan fingerprint density at radius 3 is 2.62 bits per heavy atom. The molecule has 0 unspecified atom stereocenters. The Labute approximate surface area is 173 Å². The van der Waals surface area contributed by atoms with Gasteiger partial charge in [0, 0.05) is 17.7 Å². The molecule has 0 aromatic heterocycles. The number of quaternary nitrogens is 2. The molecule has 8 nitrogen and oxygen atoms in total. The molecule has 154 valence electrons. The van der Waals surface area contributed by atoms with Gasteiger partial charge in [-0.1, -0.05) is 41.9 Å². The molecular formula is C20H25ClN4O4+2. The van der Waals surface area contributed by atoms with Crippen LogP contribution < -0.4 is 15.5 Å². The van der Waals surface area contributed by atoms with Crippen molar-refractivity contribution in [3.05, 3.63) is 69.2 Å². The molecule has 1 aliphatic heterocycles. The number of ether oxygens (including phenoxy) is 1. The molecule has 1 atom stereocenters. The van der Waals surface area contributed by atoms with Crippen LogP contribution in [0.25, 0.3) is 0 Å². The molecular weight excluding hydrogens is 396 g/mol. The molecule has 1 fully saturated rings. The number of nitrogens with one attached hydrogen (secondary N) is 2. The van der Waals surface area contributed by atoms with Crippen molar-refractivity contribution in [2.45, 2.75) is 6.04 Å². The standard InChI is InChI=1S/C20H23ClN4O4/c21-17-14-16(25(27)28)6-7-18(17)23-20(26)19(15-4-2-1-3-5-15)22-8-9-24-10-12-29-13-11-24/h1-7,14,19,22H,8-13H2,(H,23,26)/p+2/t19-/m0/s1. The zero-order valence-electron chi connectivity index (χ0n) is 16.0. The van der Waals surface area contributed by atoms with E-state index in [4.69, 9.17) is 16.3 Å². The quantitative estimate of drug-likeness (QED) is 0.425. The van der Waals surface area contributed by atoms with Gasteiger partial charge in [-0.3, -0.25) is 14.9 Å². The van der Waals surface area contributed by atoms with Crippen LogP contribution in [0.1, 0.15) is 11.6 Å². The fourth-order valence-corrected chi connectivity index (χ4v) is 3.57. The van der Waals surface area contributed by atoms with Crippen LogP contribution in [0.5, 0.6) is 0 Å². The van der Waals surface area contributed by atoms with Crippen LogP contribution in [0, 0.1) is 10.1 Å². The summed E-state index contributed by atoms with van der Waals surface area (Å²) in [5.74, 6) is -0.219. The maximum atomic E-state index is 13.0. The number of hydrogen-bond acceptors (Lipinski definition) is 4. The smallest absolute Gasteiger partial charge is 0.287 e. The van der Waals surface area contributed by atoms with Crippen molar-refractivity contribution in [2.75, 3.05) is 44.7 Å². The average molecular weight is 421 g/mol. The first-order chi connectivity index (χ1) is 14.0. The third kappa shape index (κ3) is 5.98. The summed E-state index contributed by atoms with van der Waals surface area (Å²) in [6, 6.07) is 13.1.